The third-order valence-corrected chi connectivity index (χ3v) is 3.67. The SMILES string of the molecule is C=C(C)CN(CC)C(=O)c1cccc(OCC2CCCO2)c1. The van der Waals surface area contributed by atoms with E-state index in [1.165, 1.54) is 0 Å². The van der Waals surface area contributed by atoms with Crippen LogP contribution in [0.15, 0.2) is 36.4 Å². The van der Waals surface area contributed by atoms with E-state index in [-0.39, 0.29) is 12.0 Å². The van der Waals surface area contributed by atoms with Crippen molar-refractivity contribution >= 4 is 5.91 Å². The summed E-state index contributed by atoms with van der Waals surface area (Å²) in [6.45, 7) is 10.4. The van der Waals surface area contributed by atoms with Gasteiger partial charge in [0.1, 0.15) is 12.4 Å². The van der Waals surface area contributed by atoms with Crippen molar-refractivity contribution in [3.63, 3.8) is 0 Å². The third kappa shape index (κ3) is 4.60. The second kappa shape index (κ2) is 7.99. The Kier molecular flexibility index (Phi) is 6.01. The summed E-state index contributed by atoms with van der Waals surface area (Å²) in [5.41, 5.74) is 1.62. The quantitative estimate of drug-likeness (QED) is 0.726. The predicted octanol–water partition coefficient (Wildman–Crippen LogP) is 3.28. The van der Waals surface area contributed by atoms with Crippen molar-refractivity contribution in [1.29, 1.82) is 0 Å². The van der Waals surface area contributed by atoms with Gasteiger partial charge in [0.2, 0.25) is 0 Å². The number of carbonyl (C=O) groups is 1. The summed E-state index contributed by atoms with van der Waals surface area (Å²) >= 11 is 0. The highest BCUT2D eigenvalue weighted by molar-refractivity contribution is 5.94. The van der Waals surface area contributed by atoms with Gasteiger partial charge in [0.25, 0.3) is 5.91 Å². The molecule has 0 N–H and O–H groups in total. The van der Waals surface area contributed by atoms with Gasteiger partial charge in [-0.15, -0.1) is 0 Å². The molecular formula is C18H25NO3. The zero-order chi connectivity index (χ0) is 15.9. The Morgan fingerprint density at radius 3 is 2.95 bits per heavy atom. The van der Waals surface area contributed by atoms with Gasteiger partial charge in [0.15, 0.2) is 0 Å². The Bertz CT molecular complexity index is 521. The number of rotatable bonds is 7. The lowest BCUT2D eigenvalue weighted by atomic mass is 10.1. The maximum absolute atomic E-state index is 12.5. The average molecular weight is 303 g/mol. The first-order valence-electron chi connectivity index (χ1n) is 7.88. The Morgan fingerprint density at radius 2 is 2.32 bits per heavy atom. The van der Waals surface area contributed by atoms with E-state index >= 15 is 0 Å². The van der Waals surface area contributed by atoms with Gasteiger partial charge >= 0.3 is 0 Å². The molecule has 0 bridgehead atoms. The summed E-state index contributed by atoms with van der Waals surface area (Å²) in [6.07, 6.45) is 2.31. The summed E-state index contributed by atoms with van der Waals surface area (Å²) < 4.78 is 11.3. The molecule has 1 atom stereocenters. The molecule has 120 valence electrons. The van der Waals surface area contributed by atoms with Gasteiger partial charge < -0.3 is 14.4 Å². The smallest absolute Gasteiger partial charge is 0.254 e. The van der Waals surface area contributed by atoms with Gasteiger partial charge in [0.05, 0.1) is 6.10 Å². The van der Waals surface area contributed by atoms with E-state index < -0.39 is 0 Å². The largest absolute Gasteiger partial charge is 0.491 e. The second-order valence-electron chi connectivity index (χ2n) is 5.75. The van der Waals surface area contributed by atoms with Gasteiger partial charge in [-0.1, -0.05) is 18.2 Å². The van der Waals surface area contributed by atoms with Gasteiger partial charge in [0, 0.05) is 25.3 Å². The monoisotopic (exact) mass is 303 g/mol. The van der Waals surface area contributed by atoms with Crippen LogP contribution in [0.1, 0.15) is 37.0 Å². The van der Waals surface area contributed by atoms with Crippen molar-refractivity contribution in [2.45, 2.75) is 32.8 Å². The molecule has 1 aromatic rings. The lowest BCUT2D eigenvalue weighted by molar-refractivity contribution is 0.0678. The molecule has 4 heteroatoms. The van der Waals surface area contributed by atoms with Crippen molar-refractivity contribution in [3.8, 4) is 5.75 Å². The van der Waals surface area contributed by atoms with E-state index in [0.717, 1.165) is 25.0 Å². The number of ether oxygens (including phenoxy) is 2. The summed E-state index contributed by atoms with van der Waals surface area (Å²) in [7, 11) is 0. The molecule has 1 aromatic carbocycles. The number of amides is 1. The number of hydrogen-bond acceptors (Lipinski definition) is 3. The molecule has 1 heterocycles. The number of benzene rings is 1. The molecule has 1 unspecified atom stereocenters. The average Bonchev–Trinajstić information content (AvgIpc) is 3.03. The minimum absolute atomic E-state index is 0.00747. The van der Waals surface area contributed by atoms with E-state index in [1.807, 2.05) is 32.0 Å². The number of nitrogens with zero attached hydrogens (tertiary/aromatic N) is 1. The first-order valence-corrected chi connectivity index (χ1v) is 7.88. The molecule has 4 nitrogen and oxygen atoms in total. The van der Waals surface area contributed by atoms with Crippen LogP contribution in [0.4, 0.5) is 0 Å². The van der Waals surface area contributed by atoms with Gasteiger partial charge in [-0.25, -0.2) is 0 Å². The van der Waals surface area contributed by atoms with Crippen molar-refractivity contribution < 1.29 is 14.3 Å². The summed E-state index contributed by atoms with van der Waals surface area (Å²) in [4.78, 5) is 14.3. The van der Waals surface area contributed by atoms with Crippen LogP contribution in [0.3, 0.4) is 0 Å². The summed E-state index contributed by atoms with van der Waals surface area (Å²) in [5, 5.41) is 0. The van der Waals surface area contributed by atoms with E-state index in [1.54, 1.807) is 11.0 Å². The van der Waals surface area contributed by atoms with E-state index in [0.29, 0.717) is 31.0 Å². The van der Waals surface area contributed by atoms with Crippen LogP contribution in [0.5, 0.6) is 5.75 Å². The van der Waals surface area contributed by atoms with Crippen LogP contribution in [-0.2, 0) is 4.74 Å². The summed E-state index contributed by atoms with van der Waals surface area (Å²) in [6, 6.07) is 7.36. The Morgan fingerprint density at radius 1 is 1.50 bits per heavy atom. The van der Waals surface area contributed by atoms with Crippen LogP contribution in [-0.4, -0.2) is 43.2 Å². The Hall–Kier alpha value is -1.81. The fourth-order valence-electron chi connectivity index (χ4n) is 2.52. The standard InChI is InChI=1S/C18H25NO3/c1-4-19(12-14(2)3)18(20)15-7-5-8-16(11-15)22-13-17-9-6-10-21-17/h5,7-8,11,17H,2,4,6,9-10,12-13H2,1,3H3. The molecule has 1 aliphatic heterocycles. The van der Waals surface area contributed by atoms with Crippen LogP contribution in [0.2, 0.25) is 0 Å². The van der Waals surface area contributed by atoms with Crippen molar-refractivity contribution in [2.75, 3.05) is 26.3 Å². The fourth-order valence-corrected chi connectivity index (χ4v) is 2.52. The molecule has 0 aromatic heterocycles. The van der Waals surface area contributed by atoms with Gasteiger partial charge in [-0.3, -0.25) is 4.79 Å². The lowest BCUT2D eigenvalue weighted by Gasteiger charge is -2.21. The molecule has 1 aliphatic rings. The van der Waals surface area contributed by atoms with Gasteiger partial charge in [-0.05, 0) is 44.9 Å². The van der Waals surface area contributed by atoms with Crippen LogP contribution >= 0.6 is 0 Å². The molecule has 1 amide bonds. The molecule has 0 radical (unpaired) electrons. The zero-order valence-corrected chi connectivity index (χ0v) is 13.5. The van der Waals surface area contributed by atoms with Crippen molar-refractivity contribution in [1.82, 2.24) is 4.90 Å². The Balaban J connectivity index is 1.99. The molecule has 22 heavy (non-hydrogen) atoms. The fraction of sp³-hybridized carbons (Fsp3) is 0.500. The zero-order valence-electron chi connectivity index (χ0n) is 13.5. The number of likely N-dealkylation sites (N-methyl/N-ethyl adjacent to an activating group) is 1. The highest BCUT2D eigenvalue weighted by Crippen LogP contribution is 2.18. The van der Waals surface area contributed by atoms with Crippen molar-refractivity contribution in [2.24, 2.45) is 0 Å². The Labute approximate surface area is 132 Å². The third-order valence-electron chi connectivity index (χ3n) is 3.67. The molecule has 0 aliphatic carbocycles. The number of carbonyl (C=O) groups excluding carboxylic acids is 1. The van der Waals surface area contributed by atoms with E-state index in [4.69, 9.17) is 9.47 Å². The molecule has 2 rings (SSSR count). The second-order valence-corrected chi connectivity index (χ2v) is 5.75. The normalized spacial score (nSPS) is 17.3. The maximum atomic E-state index is 12.5. The first kappa shape index (κ1) is 16.6. The minimum Gasteiger partial charge on any atom is -0.491 e. The van der Waals surface area contributed by atoms with Gasteiger partial charge in [-0.2, -0.15) is 0 Å². The molecular weight excluding hydrogens is 278 g/mol. The van der Waals surface area contributed by atoms with E-state index in [9.17, 15) is 4.79 Å². The van der Waals surface area contributed by atoms with Crippen LogP contribution in [0, 0.1) is 0 Å². The van der Waals surface area contributed by atoms with Crippen molar-refractivity contribution in [3.05, 3.63) is 42.0 Å². The predicted molar refractivity (Wildman–Crippen MR) is 87.3 cm³/mol. The summed E-state index contributed by atoms with van der Waals surface area (Å²) in [5.74, 6) is 0.723. The highest BCUT2D eigenvalue weighted by atomic mass is 16.5. The topological polar surface area (TPSA) is 38.8 Å². The molecule has 1 fully saturated rings. The molecule has 0 saturated carbocycles. The van der Waals surface area contributed by atoms with Crippen LogP contribution in [0.25, 0.3) is 0 Å². The maximum Gasteiger partial charge on any atom is 0.254 e. The molecule has 1 saturated heterocycles. The first-order chi connectivity index (χ1) is 10.6. The van der Waals surface area contributed by atoms with Crippen LogP contribution < -0.4 is 4.74 Å². The highest BCUT2D eigenvalue weighted by Gasteiger charge is 2.17. The van der Waals surface area contributed by atoms with E-state index in [2.05, 4.69) is 6.58 Å². The molecule has 0 spiro atoms. The number of hydrogen-bond donors (Lipinski definition) is 0. The minimum atomic E-state index is 0.00747. The lowest BCUT2D eigenvalue weighted by Crippen LogP contribution is -2.32.